The fourth-order valence-corrected chi connectivity index (χ4v) is 3.56. The van der Waals surface area contributed by atoms with Gasteiger partial charge in [0.15, 0.2) is 0 Å². The fraction of sp³-hybridized carbons (Fsp3) is 0.357. The van der Waals surface area contributed by atoms with E-state index in [9.17, 15) is 0 Å². The lowest BCUT2D eigenvalue weighted by molar-refractivity contribution is 0.703. The van der Waals surface area contributed by atoms with Crippen LogP contribution in [0.15, 0.2) is 29.2 Å². The van der Waals surface area contributed by atoms with Crippen molar-refractivity contribution < 1.29 is 0 Å². The first-order valence-electron chi connectivity index (χ1n) is 5.93. The molecule has 4 heteroatoms. The number of thiazole rings is 1. The highest BCUT2D eigenvalue weighted by Crippen LogP contribution is 2.28. The maximum atomic E-state index is 6.32. The topological polar surface area (TPSA) is 38.9 Å². The van der Waals surface area contributed by atoms with Gasteiger partial charge in [-0.1, -0.05) is 18.2 Å². The van der Waals surface area contributed by atoms with E-state index in [2.05, 4.69) is 43.3 Å². The Balaban J connectivity index is 2.18. The van der Waals surface area contributed by atoms with Crippen LogP contribution in [0.2, 0.25) is 0 Å². The van der Waals surface area contributed by atoms with E-state index < -0.39 is 0 Å². The molecular weight excluding hydrogens is 260 g/mol. The predicted octanol–water partition coefficient (Wildman–Crippen LogP) is 3.72. The van der Waals surface area contributed by atoms with E-state index in [-0.39, 0.29) is 6.04 Å². The minimum Gasteiger partial charge on any atom is -0.324 e. The quantitative estimate of drug-likeness (QED) is 0.866. The first kappa shape index (κ1) is 13.6. The van der Waals surface area contributed by atoms with Crippen molar-refractivity contribution in [2.75, 3.05) is 6.26 Å². The van der Waals surface area contributed by atoms with Gasteiger partial charge in [-0.15, -0.1) is 23.1 Å². The van der Waals surface area contributed by atoms with E-state index in [1.54, 1.807) is 23.1 Å². The minimum absolute atomic E-state index is 0.0265. The summed E-state index contributed by atoms with van der Waals surface area (Å²) in [5.41, 5.74) is 8.66. The molecule has 0 spiro atoms. The Kier molecular flexibility index (Phi) is 4.43. The van der Waals surface area contributed by atoms with Crippen molar-refractivity contribution in [3.05, 3.63) is 45.4 Å². The molecule has 1 heterocycles. The van der Waals surface area contributed by atoms with Crippen molar-refractivity contribution in [2.24, 2.45) is 5.73 Å². The van der Waals surface area contributed by atoms with Crippen molar-refractivity contribution in [3.63, 3.8) is 0 Å². The smallest absolute Gasteiger partial charge is 0.0949 e. The summed E-state index contributed by atoms with van der Waals surface area (Å²) in [6.07, 6.45) is 2.90. The molecular formula is C14H18N2S2. The van der Waals surface area contributed by atoms with Crippen molar-refractivity contribution in [2.45, 2.75) is 31.2 Å². The lowest BCUT2D eigenvalue weighted by Crippen LogP contribution is -2.14. The van der Waals surface area contributed by atoms with Crippen molar-refractivity contribution in [3.8, 4) is 0 Å². The third-order valence-electron chi connectivity index (χ3n) is 3.01. The van der Waals surface area contributed by atoms with Crippen LogP contribution < -0.4 is 5.73 Å². The number of nitrogens with two attached hydrogens (primary N) is 1. The lowest BCUT2D eigenvalue weighted by Gasteiger charge is -2.13. The molecule has 0 fully saturated rings. The third-order valence-corrected chi connectivity index (χ3v) is 4.91. The minimum atomic E-state index is 0.0265. The molecule has 0 saturated heterocycles. The van der Waals surface area contributed by atoms with Crippen LogP contribution in [-0.4, -0.2) is 11.2 Å². The molecule has 0 saturated carbocycles. The SMILES string of the molecule is CSc1ccccc1C(N)Cc1nc(C)c(C)s1. The van der Waals surface area contributed by atoms with Crippen LogP contribution in [0.1, 0.15) is 27.2 Å². The van der Waals surface area contributed by atoms with Gasteiger partial charge >= 0.3 is 0 Å². The van der Waals surface area contributed by atoms with Gasteiger partial charge in [0, 0.05) is 22.2 Å². The highest BCUT2D eigenvalue weighted by atomic mass is 32.2. The monoisotopic (exact) mass is 278 g/mol. The summed E-state index contributed by atoms with van der Waals surface area (Å²) in [7, 11) is 0. The van der Waals surface area contributed by atoms with Crippen LogP contribution in [0.3, 0.4) is 0 Å². The summed E-state index contributed by atoms with van der Waals surface area (Å²) < 4.78 is 0. The van der Waals surface area contributed by atoms with Gasteiger partial charge in [-0.05, 0) is 31.7 Å². The zero-order valence-corrected chi connectivity index (χ0v) is 12.6. The average molecular weight is 278 g/mol. The molecule has 0 aliphatic heterocycles. The molecule has 1 atom stereocenters. The Morgan fingerprint density at radius 2 is 2.06 bits per heavy atom. The van der Waals surface area contributed by atoms with E-state index >= 15 is 0 Å². The standard InChI is InChI=1S/C14H18N2S2/c1-9-10(2)18-14(16-9)8-12(15)11-6-4-5-7-13(11)17-3/h4-7,12H,8,15H2,1-3H3. The molecule has 0 bridgehead atoms. The Labute approximate surface area is 117 Å². The summed E-state index contributed by atoms with van der Waals surface area (Å²) in [5.74, 6) is 0. The van der Waals surface area contributed by atoms with Crippen molar-refractivity contribution in [1.29, 1.82) is 0 Å². The first-order valence-corrected chi connectivity index (χ1v) is 7.97. The summed E-state index contributed by atoms with van der Waals surface area (Å²) in [6.45, 7) is 4.16. The van der Waals surface area contributed by atoms with Gasteiger partial charge in [0.2, 0.25) is 0 Å². The fourth-order valence-electron chi connectivity index (χ4n) is 1.90. The Morgan fingerprint density at radius 3 is 2.67 bits per heavy atom. The van der Waals surface area contributed by atoms with E-state index in [0.29, 0.717) is 0 Å². The summed E-state index contributed by atoms with van der Waals surface area (Å²) in [6, 6.07) is 8.37. The summed E-state index contributed by atoms with van der Waals surface area (Å²) >= 11 is 3.50. The molecule has 2 aromatic rings. The van der Waals surface area contributed by atoms with Crippen molar-refractivity contribution in [1.82, 2.24) is 4.98 Å². The Hall–Kier alpha value is -0.840. The Morgan fingerprint density at radius 1 is 1.33 bits per heavy atom. The third kappa shape index (κ3) is 2.94. The highest BCUT2D eigenvalue weighted by Gasteiger charge is 2.13. The number of aryl methyl sites for hydroxylation is 2. The van der Waals surface area contributed by atoms with E-state index in [1.165, 1.54) is 15.3 Å². The first-order chi connectivity index (χ1) is 8.61. The zero-order chi connectivity index (χ0) is 13.1. The van der Waals surface area contributed by atoms with Gasteiger partial charge in [0.1, 0.15) is 0 Å². The highest BCUT2D eigenvalue weighted by molar-refractivity contribution is 7.98. The second kappa shape index (κ2) is 5.87. The molecule has 1 unspecified atom stereocenters. The molecule has 0 radical (unpaired) electrons. The number of hydrogen-bond acceptors (Lipinski definition) is 4. The van der Waals surface area contributed by atoms with Crippen LogP contribution in [0.5, 0.6) is 0 Å². The van der Waals surface area contributed by atoms with E-state index in [4.69, 9.17) is 5.73 Å². The maximum absolute atomic E-state index is 6.32. The number of rotatable bonds is 4. The second-order valence-electron chi connectivity index (χ2n) is 4.30. The summed E-state index contributed by atoms with van der Waals surface area (Å²) in [5, 5.41) is 1.13. The molecule has 2 rings (SSSR count). The molecule has 0 aliphatic carbocycles. The number of hydrogen-bond donors (Lipinski definition) is 1. The predicted molar refractivity (Wildman–Crippen MR) is 80.4 cm³/mol. The normalized spacial score (nSPS) is 12.7. The van der Waals surface area contributed by atoms with Gasteiger partial charge < -0.3 is 5.73 Å². The van der Waals surface area contributed by atoms with Gasteiger partial charge in [-0.2, -0.15) is 0 Å². The molecule has 1 aromatic carbocycles. The number of nitrogens with zero attached hydrogens (tertiary/aromatic N) is 1. The van der Waals surface area contributed by atoms with E-state index in [1.807, 2.05) is 6.07 Å². The molecule has 96 valence electrons. The second-order valence-corrected chi connectivity index (χ2v) is 6.44. The molecule has 0 aliphatic rings. The van der Waals surface area contributed by atoms with Gasteiger partial charge in [-0.25, -0.2) is 4.98 Å². The number of thioether (sulfide) groups is 1. The maximum Gasteiger partial charge on any atom is 0.0949 e. The van der Waals surface area contributed by atoms with Crippen molar-refractivity contribution >= 4 is 23.1 Å². The van der Waals surface area contributed by atoms with Gasteiger partial charge in [0.25, 0.3) is 0 Å². The molecule has 2 nitrogen and oxygen atoms in total. The van der Waals surface area contributed by atoms with Crippen LogP contribution in [0.25, 0.3) is 0 Å². The Bertz CT molecular complexity index is 515. The number of aromatic nitrogens is 1. The molecule has 1 aromatic heterocycles. The van der Waals surface area contributed by atoms with Gasteiger partial charge in [-0.3, -0.25) is 0 Å². The van der Waals surface area contributed by atoms with E-state index in [0.717, 1.165) is 17.1 Å². The van der Waals surface area contributed by atoms with Gasteiger partial charge in [0.05, 0.1) is 10.7 Å². The molecule has 0 amide bonds. The van der Waals surface area contributed by atoms with Crippen LogP contribution in [0, 0.1) is 13.8 Å². The summed E-state index contributed by atoms with van der Waals surface area (Å²) in [4.78, 5) is 7.11. The molecule has 18 heavy (non-hydrogen) atoms. The molecule has 2 N–H and O–H groups in total. The largest absolute Gasteiger partial charge is 0.324 e. The lowest BCUT2D eigenvalue weighted by atomic mass is 10.1. The van der Waals surface area contributed by atoms with Crippen LogP contribution in [-0.2, 0) is 6.42 Å². The number of benzene rings is 1. The average Bonchev–Trinajstić information content (AvgIpc) is 2.68. The van der Waals surface area contributed by atoms with Crippen LogP contribution in [0.4, 0.5) is 0 Å². The zero-order valence-electron chi connectivity index (χ0n) is 10.9. The van der Waals surface area contributed by atoms with Crippen LogP contribution >= 0.6 is 23.1 Å².